The number of imidazole rings is 1. The fourth-order valence-electron chi connectivity index (χ4n) is 10.1. The normalized spacial score (nSPS) is 13.8. The van der Waals surface area contributed by atoms with Gasteiger partial charge in [-0.3, -0.25) is 0 Å². The van der Waals surface area contributed by atoms with Crippen LogP contribution in [0, 0.1) is 18.8 Å². The third kappa shape index (κ3) is 7.91. The van der Waals surface area contributed by atoms with Crippen molar-refractivity contribution in [2.24, 2.45) is 0 Å². The Hall–Kier alpha value is -6.95. The summed E-state index contributed by atoms with van der Waals surface area (Å²) in [6.45, 7) is 16.7. The van der Waals surface area contributed by atoms with E-state index in [1.54, 1.807) is 0 Å². The smallest absolute Gasteiger partial charge is 0.135 e. The minimum Gasteiger partial charge on any atom is -0.509 e. The Kier molecular flexibility index (Phi) is 11.1. The van der Waals surface area contributed by atoms with E-state index in [9.17, 15) is 0 Å². The van der Waals surface area contributed by atoms with E-state index in [-0.39, 0.29) is 31.9 Å². The summed E-state index contributed by atoms with van der Waals surface area (Å²) in [5.74, 6) is 3.22. The molecule has 0 unspecified atom stereocenters. The van der Waals surface area contributed by atoms with E-state index in [2.05, 4.69) is 225 Å². The standard InChI is InChI=1S/C61H53N6O.Pt/c1-60(2,3)42-29-30-62-58(34-42)67-52-25-14-13-22-49(52)50-28-27-45(36-53(50)67)68-46-33-43(61(4,5)6)32-44(35-46)65-39-66(56-38-54-51(37-55(56)65)63-57-26-15-16-31-64(54)57)59-47(40-18-9-7-10-19-40)23-17-24-48(59)41-20-11-8-12-21-41;/h7-14,17-25,27-30,32-34,37-39H,15-16,26,31H2,1-6H3;/q-3;. The van der Waals surface area contributed by atoms with Gasteiger partial charge in [0, 0.05) is 85.4 Å². The van der Waals surface area contributed by atoms with Crippen LogP contribution in [0.2, 0.25) is 0 Å². The van der Waals surface area contributed by atoms with Gasteiger partial charge in [-0.1, -0.05) is 144 Å². The van der Waals surface area contributed by atoms with Crippen LogP contribution in [0.25, 0.3) is 60.9 Å². The third-order valence-electron chi connectivity index (χ3n) is 13.7. The molecule has 2 aliphatic heterocycles. The van der Waals surface area contributed by atoms with E-state index < -0.39 is 0 Å². The summed E-state index contributed by atoms with van der Waals surface area (Å²) in [6, 6.07) is 61.6. The van der Waals surface area contributed by atoms with Gasteiger partial charge >= 0.3 is 0 Å². The second-order valence-corrected chi connectivity index (χ2v) is 20.3. The molecule has 346 valence electrons. The van der Waals surface area contributed by atoms with Crippen molar-refractivity contribution in [3.8, 4) is 39.6 Å². The predicted molar refractivity (Wildman–Crippen MR) is 279 cm³/mol. The number of nitrogens with zero attached hydrogens (tertiary/aromatic N) is 6. The molecular weight excluding hydrogens is 1030 g/mol. The van der Waals surface area contributed by atoms with Crippen LogP contribution in [0.4, 0.5) is 22.7 Å². The van der Waals surface area contributed by atoms with Crippen molar-refractivity contribution in [2.75, 3.05) is 9.80 Å². The Morgan fingerprint density at radius 2 is 1.29 bits per heavy atom. The van der Waals surface area contributed by atoms with Crippen molar-refractivity contribution in [3.05, 3.63) is 194 Å². The molecule has 3 aromatic heterocycles. The van der Waals surface area contributed by atoms with Crippen molar-refractivity contribution in [3.63, 3.8) is 0 Å². The van der Waals surface area contributed by atoms with Gasteiger partial charge < -0.3 is 23.7 Å². The molecule has 0 spiro atoms. The maximum atomic E-state index is 6.95. The van der Waals surface area contributed by atoms with Crippen LogP contribution in [-0.4, -0.2) is 19.1 Å². The third-order valence-corrected chi connectivity index (χ3v) is 13.7. The Bertz CT molecular complexity index is 3500. The number of rotatable bonds is 7. The topological polar surface area (TPSA) is 51.4 Å². The number of aryl methyl sites for hydroxylation is 2. The zero-order chi connectivity index (χ0) is 46.3. The first-order valence-electron chi connectivity index (χ1n) is 23.8. The zero-order valence-electron chi connectivity index (χ0n) is 39.8. The van der Waals surface area contributed by atoms with E-state index in [4.69, 9.17) is 14.7 Å². The monoisotopic (exact) mass is 1080 g/mol. The number of hydrogen-bond donors (Lipinski definition) is 0. The van der Waals surface area contributed by atoms with Gasteiger partial charge in [0.25, 0.3) is 0 Å². The molecule has 0 aliphatic carbocycles. The Labute approximate surface area is 419 Å². The Morgan fingerprint density at radius 1 is 0.594 bits per heavy atom. The molecule has 0 saturated carbocycles. The molecule has 8 heteroatoms. The van der Waals surface area contributed by atoms with Gasteiger partial charge in [0.05, 0.1) is 11.0 Å². The molecule has 0 bridgehead atoms. The Morgan fingerprint density at radius 3 is 2.01 bits per heavy atom. The molecule has 12 rings (SSSR count). The van der Waals surface area contributed by atoms with Gasteiger partial charge in [0.1, 0.15) is 11.6 Å². The molecule has 7 nitrogen and oxygen atoms in total. The molecule has 0 atom stereocenters. The van der Waals surface area contributed by atoms with Gasteiger partial charge in [0.15, 0.2) is 0 Å². The fraction of sp³-hybridized carbons (Fsp3) is 0.197. The summed E-state index contributed by atoms with van der Waals surface area (Å²) in [5, 5.41) is 2.23. The predicted octanol–water partition coefficient (Wildman–Crippen LogP) is 15.6. The van der Waals surface area contributed by atoms with Crippen LogP contribution >= 0.6 is 0 Å². The van der Waals surface area contributed by atoms with Gasteiger partial charge in [0.2, 0.25) is 0 Å². The number of pyridine rings is 1. The van der Waals surface area contributed by atoms with E-state index >= 15 is 0 Å². The SMILES string of the molecule is CC(C)(C)c1cc(Oc2[c-]c3c(cc2)c2ccccc2n3-c2cc(C(C)(C)C)ccn2)[c-]c(N2[CH-]N(c3c(-c4ccccc4)cccc3-c3ccccc3)c3cc4c(cc32)nc2n4CCCC2)c1.[Pt]. The molecule has 7 aromatic carbocycles. The fourth-order valence-corrected chi connectivity index (χ4v) is 10.1. The van der Waals surface area contributed by atoms with Crippen molar-refractivity contribution >= 4 is 55.6 Å². The second-order valence-electron chi connectivity index (χ2n) is 20.3. The minimum atomic E-state index is -0.207. The average Bonchev–Trinajstić information content (AvgIpc) is 4.02. The number of ether oxygens (including phenoxy) is 1. The maximum Gasteiger partial charge on any atom is 0.135 e. The molecule has 5 heterocycles. The number of fused-ring (bicyclic) bond motifs is 7. The molecule has 0 fully saturated rings. The van der Waals surface area contributed by atoms with Gasteiger partial charge in [-0.2, -0.15) is 6.07 Å². The van der Waals surface area contributed by atoms with Crippen LogP contribution in [-0.2, 0) is 44.9 Å². The zero-order valence-corrected chi connectivity index (χ0v) is 42.1. The van der Waals surface area contributed by atoms with Crippen molar-refractivity contribution in [2.45, 2.75) is 78.2 Å². The number of anilines is 4. The number of para-hydroxylation sites is 2. The van der Waals surface area contributed by atoms with Gasteiger partial charge in [-0.15, -0.1) is 53.6 Å². The van der Waals surface area contributed by atoms with Crippen LogP contribution in [0.1, 0.15) is 71.3 Å². The number of aromatic nitrogens is 4. The molecular formula is C61H53N6OPt-3. The molecule has 0 amide bonds. The first kappa shape index (κ1) is 44.5. The van der Waals surface area contributed by atoms with Crippen LogP contribution in [0.3, 0.4) is 0 Å². The average molecular weight is 1080 g/mol. The van der Waals surface area contributed by atoms with E-state index in [1.807, 2.05) is 12.3 Å². The number of benzene rings is 7. The first-order valence-corrected chi connectivity index (χ1v) is 23.8. The summed E-state index contributed by atoms with van der Waals surface area (Å²) < 4.78 is 11.6. The second kappa shape index (κ2) is 17.2. The summed E-state index contributed by atoms with van der Waals surface area (Å²) in [5.41, 5.74) is 14.9. The summed E-state index contributed by atoms with van der Waals surface area (Å²) in [7, 11) is 0. The summed E-state index contributed by atoms with van der Waals surface area (Å²) >= 11 is 0. The van der Waals surface area contributed by atoms with E-state index in [1.165, 1.54) is 5.56 Å². The molecule has 0 radical (unpaired) electrons. The van der Waals surface area contributed by atoms with Gasteiger partial charge in [-0.25, -0.2) is 9.97 Å². The minimum absolute atomic E-state index is 0. The summed E-state index contributed by atoms with van der Waals surface area (Å²) in [6.07, 6.45) is 5.21. The van der Waals surface area contributed by atoms with Gasteiger partial charge in [-0.05, 0) is 76.1 Å². The van der Waals surface area contributed by atoms with Crippen molar-refractivity contribution in [1.82, 2.24) is 19.1 Å². The molecule has 10 aromatic rings. The largest absolute Gasteiger partial charge is 0.509 e. The molecule has 2 aliphatic rings. The maximum absolute atomic E-state index is 6.95. The van der Waals surface area contributed by atoms with E-state index in [0.717, 1.165) is 121 Å². The first-order chi connectivity index (χ1) is 33.0. The van der Waals surface area contributed by atoms with Crippen LogP contribution in [0.5, 0.6) is 11.5 Å². The molecule has 69 heavy (non-hydrogen) atoms. The summed E-state index contributed by atoms with van der Waals surface area (Å²) in [4.78, 5) is 14.8. The van der Waals surface area contributed by atoms with Crippen LogP contribution < -0.4 is 14.5 Å². The number of hydrogen-bond acceptors (Lipinski definition) is 5. The van der Waals surface area contributed by atoms with Crippen molar-refractivity contribution < 1.29 is 25.8 Å². The Balaban J connectivity index is 0.00000520. The molecule has 0 N–H and O–H groups in total. The van der Waals surface area contributed by atoms with Crippen LogP contribution in [0.15, 0.2) is 158 Å². The quantitative estimate of drug-likeness (QED) is 0.149. The van der Waals surface area contributed by atoms with E-state index in [0.29, 0.717) is 11.5 Å². The molecule has 0 saturated heterocycles. The van der Waals surface area contributed by atoms with Crippen molar-refractivity contribution in [1.29, 1.82) is 0 Å².